The highest BCUT2D eigenvalue weighted by Crippen LogP contribution is 2.39. The second kappa shape index (κ2) is 13.3. The largest absolute Gasteiger partial charge is 0.492 e. The topological polar surface area (TPSA) is 75.0 Å². The maximum Gasteiger partial charge on any atom is 0.383 e. The van der Waals surface area contributed by atoms with Crippen LogP contribution < -0.4 is 19.8 Å². The molecule has 0 radical (unpaired) electrons. The lowest BCUT2D eigenvalue weighted by molar-refractivity contribution is -0.131. The van der Waals surface area contributed by atoms with Crippen LogP contribution >= 0.6 is 0 Å². The Hall–Kier alpha value is -3.28. The molecule has 0 aliphatic carbocycles. The van der Waals surface area contributed by atoms with Gasteiger partial charge >= 0.3 is 11.6 Å². The zero-order valence-electron chi connectivity index (χ0n) is 20.2. The van der Waals surface area contributed by atoms with Gasteiger partial charge in [0, 0.05) is 6.92 Å². The van der Waals surface area contributed by atoms with Crippen LogP contribution in [0.2, 0.25) is 0 Å². The minimum atomic E-state index is -0.711. The van der Waals surface area contributed by atoms with Crippen molar-refractivity contribution >= 4 is 16.9 Å². The van der Waals surface area contributed by atoms with Crippen molar-refractivity contribution in [2.45, 2.75) is 60.3 Å². The van der Waals surface area contributed by atoms with Gasteiger partial charge in [-0.2, -0.15) is 0 Å². The SMILES string of the molecule is CCC=CCCOc1cccc2oc(=O)c(OC/C=C(\C)CCC=C(C)C)c(OC(C)=O)c12. The van der Waals surface area contributed by atoms with E-state index in [4.69, 9.17) is 18.6 Å². The lowest BCUT2D eigenvalue weighted by Gasteiger charge is -2.14. The third-order valence-electron chi connectivity index (χ3n) is 4.75. The summed E-state index contributed by atoms with van der Waals surface area (Å²) in [7, 11) is 0. The molecule has 1 aromatic heterocycles. The third-order valence-corrected chi connectivity index (χ3v) is 4.75. The molecule has 0 saturated carbocycles. The first kappa shape index (κ1) is 26.0. The molecule has 0 saturated heterocycles. The van der Waals surface area contributed by atoms with Gasteiger partial charge in [0.1, 0.15) is 23.3 Å². The summed E-state index contributed by atoms with van der Waals surface area (Å²) in [5.74, 6) is -0.242. The maximum absolute atomic E-state index is 12.6. The minimum absolute atomic E-state index is 0.0176. The van der Waals surface area contributed by atoms with Crippen LogP contribution in [0.25, 0.3) is 11.0 Å². The summed E-state index contributed by atoms with van der Waals surface area (Å²) in [6.45, 7) is 10.1. The molecular weight excluding hydrogens is 420 g/mol. The van der Waals surface area contributed by atoms with Gasteiger partial charge in [-0.1, -0.05) is 42.4 Å². The molecule has 1 aromatic carbocycles. The van der Waals surface area contributed by atoms with Gasteiger partial charge in [0.05, 0.1) is 6.61 Å². The van der Waals surface area contributed by atoms with E-state index in [9.17, 15) is 9.59 Å². The highest BCUT2D eigenvalue weighted by atomic mass is 16.6. The first-order chi connectivity index (χ1) is 15.8. The molecule has 0 fully saturated rings. The third kappa shape index (κ3) is 8.29. The number of esters is 1. The molecule has 0 N–H and O–H groups in total. The Morgan fingerprint density at radius 2 is 1.79 bits per heavy atom. The monoisotopic (exact) mass is 454 g/mol. The Morgan fingerprint density at radius 3 is 2.48 bits per heavy atom. The molecule has 0 amide bonds. The van der Waals surface area contributed by atoms with E-state index in [1.807, 2.05) is 19.1 Å². The van der Waals surface area contributed by atoms with Gasteiger partial charge in [-0.3, -0.25) is 4.79 Å². The first-order valence-electron chi connectivity index (χ1n) is 11.3. The van der Waals surface area contributed by atoms with E-state index >= 15 is 0 Å². The molecule has 2 aromatic rings. The highest BCUT2D eigenvalue weighted by molar-refractivity contribution is 5.93. The quantitative estimate of drug-likeness (QED) is 0.157. The van der Waals surface area contributed by atoms with Crippen LogP contribution in [0.5, 0.6) is 17.2 Å². The lowest BCUT2D eigenvalue weighted by Crippen LogP contribution is -2.13. The van der Waals surface area contributed by atoms with Gasteiger partial charge in [-0.05, 0) is 64.7 Å². The fourth-order valence-electron chi connectivity index (χ4n) is 3.14. The number of ether oxygens (including phenoxy) is 3. The van der Waals surface area contributed by atoms with Crippen LogP contribution in [0.3, 0.4) is 0 Å². The molecule has 0 atom stereocenters. The zero-order chi connectivity index (χ0) is 24.2. The van der Waals surface area contributed by atoms with Gasteiger partial charge in [-0.25, -0.2) is 4.79 Å². The number of hydrogen-bond donors (Lipinski definition) is 0. The zero-order valence-corrected chi connectivity index (χ0v) is 20.2. The van der Waals surface area contributed by atoms with Crippen molar-refractivity contribution in [1.82, 2.24) is 0 Å². The molecule has 6 heteroatoms. The van der Waals surface area contributed by atoms with E-state index in [1.54, 1.807) is 18.2 Å². The molecule has 0 spiro atoms. The Morgan fingerprint density at radius 1 is 1.00 bits per heavy atom. The maximum atomic E-state index is 12.6. The molecule has 0 aliphatic heterocycles. The molecular formula is C27H34O6. The van der Waals surface area contributed by atoms with E-state index in [0.29, 0.717) is 17.7 Å². The predicted molar refractivity (Wildman–Crippen MR) is 131 cm³/mol. The number of fused-ring (bicyclic) bond motifs is 1. The van der Waals surface area contributed by atoms with E-state index in [1.165, 1.54) is 12.5 Å². The molecule has 178 valence electrons. The summed E-state index contributed by atoms with van der Waals surface area (Å²) in [6.07, 6.45) is 11.7. The van der Waals surface area contributed by atoms with Crippen LogP contribution in [-0.2, 0) is 4.79 Å². The smallest absolute Gasteiger partial charge is 0.383 e. The van der Waals surface area contributed by atoms with E-state index < -0.39 is 11.6 Å². The van der Waals surface area contributed by atoms with Crippen molar-refractivity contribution in [3.63, 3.8) is 0 Å². The Labute approximate surface area is 195 Å². The van der Waals surface area contributed by atoms with Gasteiger partial charge < -0.3 is 18.6 Å². The average molecular weight is 455 g/mol. The van der Waals surface area contributed by atoms with Gasteiger partial charge in [-0.15, -0.1) is 0 Å². The standard InChI is InChI=1S/C27H34O6/c1-6-7-8-9-17-30-22-14-11-15-23-24(22)25(32-21(5)28)26(27(29)33-23)31-18-16-20(4)13-10-12-19(2)3/h7-8,11-12,14-16H,6,9-10,13,17-18H2,1-5H3/b8-7?,20-16+. The molecule has 0 unspecified atom stereocenters. The van der Waals surface area contributed by atoms with Gasteiger partial charge in [0.15, 0.2) is 5.75 Å². The molecule has 0 aliphatic rings. The van der Waals surface area contributed by atoms with E-state index in [0.717, 1.165) is 31.3 Å². The Balaban J connectivity index is 2.34. The second-order valence-electron chi connectivity index (χ2n) is 7.97. The number of carbonyl (C=O) groups excluding carboxylic acids is 1. The molecule has 33 heavy (non-hydrogen) atoms. The van der Waals surface area contributed by atoms with Crippen LogP contribution in [0, 0.1) is 0 Å². The number of benzene rings is 1. The number of allylic oxidation sites excluding steroid dienone is 4. The summed E-state index contributed by atoms with van der Waals surface area (Å²) in [5.41, 5.74) is 1.96. The average Bonchev–Trinajstić information content (AvgIpc) is 2.74. The van der Waals surface area contributed by atoms with Crippen molar-refractivity contribution < 1.29 is 23.4 Å². The first-order valence-corrected chi connectivity index (χ1v) is 11.3. The van der Waals surface area contributed by atoms with Crippen molar-refractivity contribution in [3.8, 4) is 17.2 Å². The molecule has 2 rings (SSSR count). The van der Waals surface area contributed by atoms with Gasteiger partial charge in [0.2, 0.25) is 5.75 Å². The molecule has 0 bridgehead atoms. The minimum Gasteiger partial charge on any atom is -0.492 e. The summed E-state index contributed by atoms with van der Waals surface area (Å²) in [4.78, 5) is 24.5. The Kier molecular flexibility index (Phi) is 10.5. The summed E-state index contributed by atoms with van der Waals surface area (Å²) in [6, 6.07) is 5.10. The highest BCUT2D eigenvalue weighted by Gasteiger charge is 2.22. The summed E-state index contributed by atoms with van der Waals surface area (Å²) in [5, 5.41) is 0.394. The van der Waals surface area contributed by atoms with Crippen LogP contribution in [0.15, 0.2) is 62.9 Å². The fraction of sp³-hybridized carbons (Fsp3) is 0.407. The van der Waals surface area contributed by atoms with Crippen molar-refractivity contribution in [3.05, 3.63) is 64.1 Å². The fourth-order valence-corrected chi connectivity index (χ4v) is 3.14. The summed E-state index contributed by atoms with van der Waals surface area (Å²) >= 11 is 0. The number of carbonyl (C=O) groups is 1. The van der Waals surface area contributed by atoms with E-state index in [2.05, 4.69) is 32.9 Å². The van der Waals surface area contributed by atoms with Crippen molar-refractivity contribution in [2.24, 2.45) is 0 Å². The van der Waals surface area contributed by atoms with Crippen molar-refractivity contribution in [2.75, 3.05) is 13.2 Å². The Bertz CT molecular complexity index is 1080. The van der Waals surface area contributed by atoms with E-state index in [-0.39, 0.29) is 23.7 Å². The van der Waals surface area contributed by atoms with Gasteiger partial charge in [0.25, 0.3) is 0 Å². The molecule has 6 nitrogen and oxygen atoms in total. The number of hydrogen-bond acceptors (Lipinski definition) is 6. The predicted octanol–water partition coefficient (Wildman–Crippen LogP) is 6.52. The number of rotatable bonds is 12. The van der Waals surface area contributed by atoms with Crippen LogP contribution in [-0.4, -0.2) is 19.2 Å². The lowest BCUT2D eigenvalue weighted by atomic mass is 10.1. The molecule has 1 heterocycles. The van der Waals surface area contributed by atoms with Crippen molar-refractivity contribution in [1.29, 1.82) is 0 Å². The van der Waals surface area contributed by atoms with Crippen LogP contribution in [0.4, 0.5) is 0 Å². The van der Waals surface area contributed by atoms with Crippen LogP contribution in [0.1, 0.15) is 60.3 Å². The summed E-state index contributed by atoms with van der Waals surface area (Å²) < 4.78 is 22.5. The normalized spacial score (nSPS) is 11.6. The second-order valence-corrected chi connectivity index (χ2v) is 7.97.